The number of benzene rings is 1. The molecule has 166 valence electrons. The van der Waals surface area contributed by atoms with Gasteiger partial charge in [0.15, 0.2) is 5.76 Å². The molecule has 2 fully saturated rings. The van der Waals surface area contributed by atoms with Crippen LogP contribution >= 0.6 is 28.3 Å². The van der Waals surface area contributed by atoms with E-state index in [1.54, 1.807) is 0 Å². The van der Waals surface area contributed by atoms with E-state index in [0.717, 1.165) is 53.7 Å². The van der Waals surface area contributed by atoms with Gasteiger partial charge in [-0.15, -0.1) is 12.4 Å². The van der Waals surface area contributed by atoms with Gasteiger partial charge in [-0.25, -0.2) is 0 Å². The van der Waals surface area contributed by atoms with E-state index in [1.165, 1.54) is 32.1 Å². The van der Waals surface area contributed by atoms with E-state index in [9.17, 15) is 4.79 Å². The lowest BCUT2D eigenvalue weighted by atomic mass is 9.79. The minimum Gasteiger partial charge on any atom is -0.451 e. The van der Waals surface area contributed by atoms with Crippen molar-refractivity contribution in [3.63, 3.8) is 0 Å². The molecule has 0 spiro atoms. The summed E-state index contributed by atoms with van der Waals surface area (Å²) < 4.78 is 6.88. The van der Waals surface area contributed by atoms with Crippen LogP contribution in [-0.4, -0.2) is 60.5 Å². The van der Waals surface area contributed by atoms with Crippen molar-refractivity contribution in [2.75, 3.05) is 39.3 Å². The number of nitrogens with one attached hydrogen (secondary N) is 1. The molecule has 2 aromatic rings. The first-order valence-electron chi connectivity index (χ1n) is 11.0. The van der Waals surface area contributed by atoms with Crippen LogP contribution in [0.3, 0.4) is 0 Å². The van der Waals surface area contributed by atoms with Gasteiger partial charge in [-0.2, -0.15) is 0 Å². The lowest BCUT2D eigenvalue weighted by molar-refractivity contribution is 0.00907. The van der Waals surface area contributed by atoms with Gasteiger partial charge in [0.05, 0.1) is 0 Å². The van der Waals surface area contributed by atoms with Crippen molar-refractivity contribution in [3.05, 3.63) is 34.0 Å². The molecule has 1 aromatic heterocycles. The third kappa shape index (κ3) is 4.72. The van der Waals surface area contributed by atoms with Crippen LogP contribution in [0.25, 0.3) is 11.0 Å². The number of furan rings is 1. The quantitative estimate of drug-likeness (QED) is 0.630. The van der Waals surface area contributed by atoms with Crippen molar-refractivity contribution in [1.82, 2.24) is 15.1 Å². The highest BCUT2D eigenvalue weighted by molar-refractivity contribution is 9.10. The predicted octanol–water partition coefficient (Wildman–Crippen LogP) is 5.00. The molecular formula is C23H33BrClN3O2. The Hall–Kier alpha value is -1.08. The molecule has 0 unspecified atom stereocenters. The number of piperazine rings is 1. The molecule has 1 amide bonds. The summed E-state index contributed by atoms with van der Waals surface area (Å²) in [5.41, 5.74) is 1.76. The van der Waals surface area contributed by atoms with Gasteiger partial charge in [0.25, 0.3) is 5.91 Å². The van der Waals surface area contributed by atoms with E-state index in [4.69, 9.17) is 4.42 Å². The summed E-state index contributed by atoms with van der Waals surface area (Å²) in [5.74, 6) is 0.354. The van der Waals surface area contributed by atoms with Gasteiger partial charge >= 0.3 is 0 Å². The molecule has 5 nitrogen and oxygen atoms in total. The number of nitrogens with zero attached hydrogens (tertiary/aromatic N) is 2. The molecular weight excluding hydrogens is 466 g/mol. The standard InChI is InChI=1S/C23H32BrN3O2.ClH/c1-3-26-11-13-27(14-12-26)23(9-5-4-6-10-23)16-25-22(28)21-17(2)19-8-7-18(24)15-20(19)29-21;/h7-8,15H,3-6,9-14,16H2,1-2H3,(H,25,28);1H. The van der Waals surface area contributed by atoms with Crippen molar-refractivity contribution >= 4 is 45.2 Å². The second-order valence-corrected chi connectivity index (χ2v) is 9.50. The van der Waals surface area contributed by atoms with Crippen LogP contribution in [0.2, 0.25) is 0 Å². The van der Waals surface area contributed by atoms with Crippen LogP contribution in [-0.2, 0) is 0 Å². The normalized spacial score (nSPS) is 20.1. The Labute approximate surface area is 194 Å². The fourth-order valence-electron chi connectivity index (χ4n) is 5.09. The number of hydrogen-bond acceptors (Lipinski definition) is 4. The predicted molar refractivity (Wildman–Crippen MR) is 128 cm³/mol. The number of rotatable bonds is 5. The largest absolute Gasteiger partial charge is 0.451 e. The zero-order valence-electron chi connectivity index (χ0n) is 18.0. The maximum atomic E-state index is 13.0. The number of aryl methyl sites for hydroxylation is 1. The highest BCUT2D eigenvalue weighted by Gasteiger charge is 2.39. The highest BCUT2D eigenvalue weighted by Crippen LogP contribution is 2.34. The van der Waals surface area contributed by atoms with Gasteiger partial charge in [0.1, 0.15) is 5.58 Å². The van der Waals surface area contributed by atoms with Crippen LogP contribution in [0.5, 0.6) is 0 Å². The molecule has 7 heteroatoms. The molecule has 0 bridgehead atoms. The zero-order valence-corrected chi connectivity index (χ0v) is 20.4. The van der Waals surface area contributed by atoms with E-state index in [-0.39, 0.29) is 23.9 Å². The van der Waals surface area contributed by atoms with E-state index < -0.39 is 0 Å². The lowest BCUT2D eigenvalue weighted by Gasteiger charge is -2.50. The van der Waals surface area contributed by atoms with Gasteiger partial charge in [0, 0.05) is 53.7 Å². The summed E-state index contributed by atoms with van der Waals surface area (Å²) in [4.78, 5) is 18.2. The average Bonchev–Trinajstić information content (AvgIpc) is 3.08. The average molecular weight is 499 g/mol. The highest BCUT2D eigenvalue weighted by atomic mass is 79.9. The molecule has 1 aliphatic heterocycles. The van der Waals surface area contributed by atoms with E-state index in [1.807, 2.05) is 25.1 Å². The van der Waals surface area contributed by atoms with Gasteiger partial charge in [-0.1, -0.05) is 42.1 Å². The first-order chi connectivity index (χ1) is 14.0. The van der Waals surface area contributed by atoms with E-state index in [0.29, 0.717) is 12.3 Å². The summed E-state index contributed by atoms with van der Waals surface area (Å²) in [5, 5.41) is 4.25. The van der Waals surface area contributed by atoms with Gasteiger partial charge in [-0.05, 0) is 44.5 Å². The molecule has 1 saturated carbocycles. The Balaban J connectivity index is 0.00000256. The number of carbonyl (C=O) groups is 1. The van der Waals surface area contributed by atoms with Crippen LogP contribution in [0, 0.1) is 6.92 Å². The molecule has 2 heterocycles. The molecule has 0 atom stereocenters. The Morgan fingerprint density at radius 3 is 2.53 bits per heavy atom. The topological polar surface area (TPSA) is 48.7 Å². The molecule has 30 heavy (non-hydrogen) atoms. The molecule has 1 aromatic carbocycles. The molecule has 1 N–H and O–H groups in total. The SMILES string of the molecule is CCN1CCN(C2(CNC(=O)c3oc4cc(Br)ccc4c3C)CCCCC2)CC1.Cl. The summed E-state index contributed by atoms with van der Waals surface area (Å²) >= 11 is 3.48. The van der Waals surface area contributed by atoms with Crippen molar-refractivity contribution in [2.24, 2.45) is 0 Å². The van der Waals surface area contributed by atoms with Gasteiger partial charge in [-0.3, -0.25) is 9.69 Å². The lowest BCUT2D eigenvalue weighted by Crippen LogP contribution is -2.61. The van der Waals surface area contributed by atoms with Crippen molar-refractivity contribution < 1.29 is 9.21 Å². The number of carbonyl (C=O) groups excluding carboxylic acids is 1. The molecule has 1 aliphatic carbocycles. The van der Waals surface area contributed by atoms with Crippen molar-refractivity contribution in [2.45, 2.75) is 51.5 Å². The van der Waals surface area contributed by atoms with E-state index in [2.05, 4.69) is 38.0 Å². The Bertz CT molecular complexity index is 871. The summed E-state index contributed by atoms with van der Waals surface area (Å²) in [6.45, 7) is 10.5. The zero-order chi connectivity index (χ0) is 20.4. The third-order valence-corrected chi connectivity index (χ3v) is 7.45. The second kappa shape index (κ2) is 10.0. The molecule has 1 saturated heterocycles. The Morgan fingerprint density at radius 1 is 1.17 bits per heavy atom. The Morgan fingerprint density at radius 2 is 1.87 bits per heavy atom. The van der Waals surface area contributed by atoms with Crippen molar-refractivity contribution in [1.29, 1.82) is 0 Å². The number of amides is 1. The maximum absolute atomic E-state index is 13.0. The second-order valence-electron chi connectivity index (χ2n) is 8.59. The smallest absolute Gasteiger partial charge is 0.287 e. The number of fused-ring (bicyclic) bond motifs is 1. The fraction of sp³-hybridized carbons (Fsp3) is 0.609. The molecule has 4 rings (SSSR count). The number of hydrogen-bond donors (Lipinski definition) is 1. The van der Waals surface area contributed by atoms with Gasteiger partial charge < -0.3 is 14.6 Å². The Kier molecular flexibility index (Phi) is 7.88. The van der Waals surface area contributed by atoms with Crippen LogP contribution in [0.4, 0.5) is 0 Å². The summed E-state index contributed by atoms with van der Waals surface area (Å²) in [7, 11) is 0. The number of likely N-dealkylation sites (N-methyl/N-ethyl adjacent to an activating group) is 1. The molecule has 0 radical (unpaired) electrons. The van der Waals surface area contributed by atoms with E-state index >= 15 is 0 Å². The minimum absolute atomic E-state index is 0. The van der Waals surface area contributed by atoms with Crippen molar-refractivity contribution in [3.8, 4) is 0 Å². The van der Waals surface area contributed by atoms with Crippen LogP contribution in [0.15, 0.2) is 27.1 Å². The minimum atomic E-state index is -0.0908. The first kappa shape index (κ1) is 23.6. The molecule has 2 aliphatic rings. The summed E-state index contributed by atoms with van der Waals surface area (Å²) in [6.07, 6.45) is 6.15. The van der Waals surface area contributed by atoms with Gasteiger partial charge in [0.2, 0.25) is 0 Å². The maximum Gasteiger partial charge on any atom is 0.287 e. The number of halogens is 2. The first-order valence-corrected chi connectivity index (χ1v) is 11.8. The fourth-order valence-corrected chi connectivity index (χ4v) is 5.43. The third-order valence-electron chi connectivity index (χ3n) is 6.96. The monoisotopic (exact) mass is 497 g/mol. The summed E-state index contributed by atoms with van der Waals surface area (Å²) in [6, 6.07) is 5.92. The van der Waals surface area contributed by atoms with Crippen LogP contribution in [0.1, 0.15) is 55.1 Å². The van der Waals surface area contributed by atoms with Crippen LogP contribution < -0.4 is 5.32 Å².